The van der Waals surface area contributed by atoms with Gasteiger partial charge in [0.15, 0.2) is 0 Å². The van der Waals surface area contributed by atoms with Crippen molar-refractivity contribution in [3.05, 3.63) is 41.1 Å². The molecule has 0 fully saturated rings. The van der Waals surface area contributed by atoms with Gasteiger partial charge >= 0.3 is 0 Å². The first-order chi connectivity index (χ1) is 14.1. The van der Waals surface area contributed by atoms with Crippen molar-refractivity contribution in [1.82, 2.24) is 9.97 Å². The number of unbranched alkanes of at least 4 members (excludes halogenated alkanes) is 1. The number of methoxy groups -OCH3 is 1. The minimum Gasteiger partial charge on any atom is -0.496 e. The lowest BCUT2D eigenvalue weighted by Crippen LogP contribution is -2.23. The van der Waals surface area contributed by atoms with Gasteiger partial charge in [0.2, 0.25) is 5.95 Å². The molecule has 2 aromatic rings. The van der Waals surface area contributed by atoms with Crippen LogP contribution in [0.3, 0.4) is 0 Å². The Morgan fingerprint density at radius 3 is 2.62 bits per heavy atom. The lowest BCUT2D eigenvalue weighted by Gasteiger charge is -2.22. The second-order valence-electron chi connectivity index (χ2n) is 7.36. The predicted octanol–water partition coefficient (Wildman–Crippen LogP) is 5.33. The van der Waals surface area contributed by atoms with Crippen molar-refractivity contribution >= 4 is 23.5 Å². The van der Waals surface area contributed by atoms with Gasteiger partial charge in [-0.25, -0.2) is 4.98 Å². The highest BCUT2D eigenvalue weighted by Gasteiger charge is 2.18. The fourth-order valence-electron chi connectivity index (χ4n) is 3.53. The highest BCUT2D eigenvalue weighted by atomic mass is 32.2. The number of aryl methyl sites for hydroxylation is 1. The summed E-state index contributed by atoms with van der Waals surface area (Å²) in [5.74, 6) is 3.25. The maximum absolute atomic E-state index is 6.09. The van der Waals surface area contributed by atoms with Gasteiger partial charge in [0.05, 0.1) is 12.8 Å². The van der Waals surface area contributed by atoms with Crippen LogP contribution in [0.5, 0.6) is 5.75 Å². The zero-order chi connectivity index (χ0) is 21.1. The molecule has 0 aliphatic rings. The second kappa shape index (κ2) is 12.6. The fourth-order valence-corrected chi connectivity index (χ4v) is 4.05. The van der Waals surface area contributed by atoms with E-state index in [0.29, 0.717) is 12.0 Å². The Kier molecular flexibility index (Phi) is 10.1. The summed E-state index contributed by atoms with van der Waals surface area (Å²) in [4.78, 5) is 9.22. The summed E-state index contributed by atoms with van der Waals surface area (Å²) < 4.78 is 5.58. The third-order valence-corrected chi connectivity index (χ3v) is 5.72. The van der Waals surface area contributed by atoms with Crippen LogP contribution in [0.2, 0.25) is 0 Å². The number of rotatable bonds is 13. The van der Waals surface area contributed by atoms with Crippen molar-refractivity contribution in [3.8, 4) is 5.75 Å². The molecule has 0 aliphatic heterocycles. The van der Waals surface area contributed by atoms with Crippen LogP contribution in [0.1, 0.15) is 62.8 Å². The van der Waals surface area contributed by atoms with Gasteiger partial charge in [-0.1, -0.05) is 51.3 Å². The van der Waals surface area contributed by atoms with Crippen molar-refractivity contribution < 1.29 is 4.74 Å². The molecule has 0 saturated heterocycles. The monoisotopic (exact) mass is 416 g/mol. The maximum atomic E-state index is 6.09. The average Bonchev–Trinajstić information content (AvgIpc) is 2.72. The van der Waals surface area contributed by atoms with Crippen molar-refractivity contribution in [2.24, 2.45) is 0 Å². The molecular weight excluding hydrogens is 380 g/mol. The van der Waals surface area contributed by atoms with Crippen LogP contribution in [0.15, 0.2) is 24.3 Å². The summed E-state index contributed by atoms with van der Waals surface area (Å²) in [6.07, 6.45) is 9.43. The van der Waals surface area contributed by atoms with Crippen molar-refractivity contribution in [1.29, 1.82) is 0 Å². The number of ether oxygens (including phenoxy) is 1. The molecule has 1 aromatic heterocycles. The van der Waals surface area contributed by atoms with E-state index in [1.165, 1.54) is 12.8 Å². The second-order valence-corrected chi connectivity index (χ2v) is 8.34. The molecule has 6 heteroatoms. The first kappa shape index (κ1) is 23.3. The summed E-state index contributed by atoms with van der Waals surface area (Å²) in [5, 5.41) is 3.73. The van der Waals surface area contributed by atoms with Crippen LogP contribution in [0.4, 0.5) is 11.8 Å². The number of nitrogens with two attached hydrogens (primary N) is 1. The summed E-state index contributed by atoms with van der Waals surface area (Å²) in [5.41, 5.74) is 9.40. The van der Waals surface area contributed by atoms with E-state index < -0.39 is 0 Å². The smallest absolute Gasteiger partial charge is 0.222 e. The topological polar surface area (TPSA) is 73.1 Å². The van der Waals surface area contributed by atoms with Crippen molar-refractivity contribution in [3.63, 3.8) is 0 Å². The molecule has 5 nitrogen and oxygen atoms in total. The predicted molar refractivity (Wildman–Crippen MR) is 126 cm³/mol. The van der Waals surface area contributed by atoms with E-state index in [9.17, 15) is 0 Å². The quantitative estimate of drug-likeness (QED) is 0.459. The summed E-state index contributed by atoms with van der Waals surface area (Å²) in [6.45, 7) is 4.40. The van der Waals surface area contributed by atoms with Crippen LogP contribution in [-0.2, 0) is 12.8 Å². The number of aromatic nitrogens is 2. The SMILES string of the molecule is CCCC[C@@H](CCSC)Nc1nc(N)nc(CCC)c1Cc1ccccc1OC. The number of benzene rings is 1. The molecule has 1 atom stereocenters. The van der Waals surface area contributed by atoms with Gasteiger partial charge in [0.1, 0.15) is 11.6 Å². The Hall–Kier alpha value is -1.95. The van der Waals surface area contributed by atoms with E-state index in [1.54, 1.807) is 7.11 Å². The maximum Gasteiger partial charge on any atom is 0.222 e. The third-order valence-electron chi connectivity index (χ3n) is 5.07. The third kappa shape index (κ3) is 7.11. The number of thioether (sulfide) groups is 1. The van der Waals surface area contributed by atoms with Gasteiger partial charge in [-0.2, -0.15) is 16.7 Å². The molecule has 3 N–H and O–H groups in total. The molecule has 160 valence electrons. The van der Waals surface area contributed by atoms with Crippen molar-refractivity contribution in [2.75, 3.05) is 30.2 Å². The standard InChI is InChI=1S/C23H36N4OS/c1-5-7-12-18(14-15-29-4)25-22-19(20(10-6-2)26-23(24)27-22)16-17-11-8-9-13-21(17)28-3/h8-9,11,13,18H,5-7,10,12,14-16H2,1-4H3,(H3,24,25,26,27)/t18-/m0/s1. The number of nitrogens with zero attached hydrogens (tertiary/aromatic N) is 2. The molecule has 0 spiro atoms. The normalized spacial score (nSPS) is 12.0. The van der Waals surface area contributed by atoms with Gasteiger partial charge in [-0.15, -0.1) is 0 Å². The Morgan fingerprint density at radius 1 is 1.14 bits per heavy atom. The Morgan fingerprint density at radius 2 is 1.93 bits per heavy atom. The van der Waals surface area contributed by atoms with E-state index in [1.807, 2.05) is 30.0 Å². The van der Waals surface area contributed by atoms with Crippen LogP contribution >= 0.6 is 11.8 Å². The lowest BCUT2D eigenvalue weighted by molar-refractivity contribution is 0.410. The summed E-state index contributed by atoms with van der Waals surface area (Å²) in [7, 11) is 1.72. The van der Waals surface area contributed by atoms with Crippen LogP contribution in [0.25, 0.3) is 0 Å². The van der Waals surface area contributed by atoms with Crippen molar-refractivity contribution in [2.45, 2.75) is 64.8 Å². The summed E-state index contributed by atoms with van der Waals surface area (Å²) in [6, 6.07) is 8.55. The molecule has 0 amide bonds. The molecule has 2 rings (SSSR count). The molecular formula is C23H36N4OS. The minimum atomic E-state index is 0.346. The fraction of sp³-hybridized carbons (Fsp3) is 0.565. The Labute approximate surface area is 180 Å². The van der Waals surface area contributed by atoms with Crippen LogP contribution in [-0.4, -0.2) is 35.1 Å². The lowest BCUT2D eigenvalue weighted by atomic mass is 10.00. The van der Waals surface area contributed by atoms with E-state index in [2.05, 4.69) is 41.5 Å². The molecule has 1 heterocycles. The van der Waals surface area contributed by atoms with Gasteiger partial charge in [-0.05, 0) is 42.9 Å². The van der Waals surface area contributed by atoms with E-state index >= 15 is 0 Å². The largest absolute Gasteiger partial charge is 0.496 e. The zero-order valence-corrected chi connectivity index (χ0v) is 19.1. The molecule has 1 aromatic carbocycles. The molecule has 0 radical (unpaired) electrons. The van der Waals surface area contributed by atoms with Gasteiger partial charge < -0.3 is 15.8 Å². The molecule has 0 saturated carbocycles. The van der Waals surface area contributed by atoms with Gasteiger partial charge in [0, 0.05) is 18.0 Å². The number of nitrogens with one attached hydrogen (secondary N) is 1. The molecule has 0 unspecified atom stereocenters. The number of para-hydroxylation sites is 1. The number of hydrogen-bond donors (Lipinski definition) is 2. The van der Waals surface area contributed by atoms with E-state index in [0.717, 1.165) is 66.2 Å². The first-order valence-electron chi connectivity index (χ1n) is 10.6. The number of hydrogen-bond acceptors (Lipinski definition) is 6. The van der Waals surface area contributed by atoms with Crippen LogP contribution < -0.4 is 15.8 Å². The zero-order valence-electron chi connectivity index (χ0n) is 18.3. The van der Waals surface area contributed by atoms with E-state index in [-0.39, 0.29) is 0 Å². The first-order valence-corrected chi connectivity index (χ1v) is 12.0. The Bertz CT molecular complexity index is 746. The molecule has 29 heavy (non-hydrogen) atoms. The number of nitrogen functional groups attached to an aromatic ring is 1. The Balaban J connectivity index is 2.40. The highest BCUT2D eigenvalue weighted by molar-refractivity contribution is 7.98. The molecule has 0 bridgehead atoms. The average molecular weight is 417 g/mol. The molecule has 0 aliphatic carbocycles. The van der Waals surface area contributed by atoms with Gasteiger partial charge in [-0.3, -0.25) is 0 Å². The van der Waals surface area contributed by atoms with E-state index in [4.69, 9.17) is 10.5 Å². The van der Waals surface area contributed by atoms with Gasteiger partial charge in [0.25, 0.3) is 0 Å². The highest BCUT2D eigenvalue weighted by Crippen LogP contribution is 2.28. The minimum absolute atomic E-state index is 0.346. The number of anilines is 2. The summed E-state index contributed by atoms with van der Waals surface area (Å²) >= 11 is 1.89. The van der Waals surface area contributed by atoms with Crippen LogP contribution in [0, 0.1) is 0 Å².